The molecule has 0 saturated carbocycles. The van der Waals surface area contributed by atoms with Gasteiger partial charge in [0.05, 0.1) is 13.2 Å². The molecule has 0 spiro atoms. The minimum absolute atomic E-state index is 0.221. The molecule has 0 bridgehead atoms. The molecule has 5 nitrogen and oxygen atoms in total. The molecule has 1 N–H and O–H groups in total. The van der Waals surface area contributed by atoms with Crippen LogP contribution >= 0.6 is 7.60 Å². The van der Waals surface area contributed by atoms with Crippen molar-refractivity contribution in [2.75, 3.05) is 19.8 Å². The van der Waals surface area contributed by atoms with Crippen molar-refractivity contribution in [2.45, 2.75) is 46.1 Å². The minimum Gasteiger partial charge on any atom is -0.386 e. The number of aliphatic hydroxyl groups excluding tert-OH is 1. The van der Waals surface area contributed by atoms with Crippen LogP contribution in [0.2, 0.25) is 0 Å². The third-order valence-electron chi connectivity index (χ3n) is 2.57. The van der Waals surface area contributed by atoms with E-state index in [2.05, 4.69) is 6.92 Å². The van der Waals surface area contributed by atoms with Crippen LogP contribution in [0.4, 0.5) is 0 Å². The average molecular weight is 332 g/mol. The first-order valence-corrected chi connectivity index (χ1v) is 9.35. The van der Waals surface area contributed by atoms with Crippen molar-refractivity contribution in [2.24, 2.45) is 0 Å². The Labute approximate surface area is 134 Å². The van der Waals surface area contributed by atoms with Gasteiger partial charge in [-0.3, -0.25) is 4.57 Å². The number of hydrogen-bond acceptors (Lipinski definition) is 5. The largest absolute Gasteiger partial charge is 0.386 e. The second kappa shape index (κ2) is 12.8. The van der Waals surface area contributed by atoms with E-state index >= 15 is 0 Å². The highest BCUT2D eigenvalue weighted by Gasteiger charge is 2.40. The summed E-state index contributed by atoms with van der Waals surface area (Å²) in [4.78, 5) is 0. The molecule has 0 heterocycles. The van der Waals surface area contributed by atoms with Crippen molar-refractivity contribution in [3.05, 3.63) is 36.5 Å². The maximum atomic E-state index is 12.7. The molecule has 22 heavy (non-hydrogen) atoms. The summed E-state index contributed by atoms with van der Waals surface area (Å²) in [7, 11) is -3.53. The van der Waals surface area contributed by atoms with E-state index in [1.54, 1.807) is 32.9 Å². The predicted octanol–water partition coefficient (Wildman–Crippen LogP) is 4.05. The van der Waals surface area contributed by atoms with Gasteiger partial charge >= 0.3 is 7.60 Å². The lowest BCUT2D eigenvalue weighted by Crippen LogP contribution is -2.29. The highest BCUT2D eigenvalue weighted by atomic mass is 31.2. The third kappa shape index (κ3) is 8.06. The van der Waals surface area contributed by atoms with Gasteiger partial charge in [0, 0.05) is 6.61 Å². The molecule has 0 aliphatic carbocycles. The van der Waals surface area contributed by atoms with E-state index in [9.17, 15) is 9.67 Å². The van der Waals surface area contributed by atoms with Gasteiger partial charge in [-0.25, -0.2) is 0 Å². The van der Waals surface area contributed by atoms with E-state index in [1.165, 1.54) is 6.08 Å². The summed E-state index contributed by atoms with van der Waals surface area (Å²) in [6.07, 6.45) is 10.7. The molecule has 2 unspecified atom stereocenters. The molecule has 0 aliphatic rings. The second-order valence-electron chi connectivity index (χ2n) is 4.32. The molecule has 128 valence electrons. The van der Waals surface area contributed by atoms with Crippen LogP contribution in [0.3, 0.4) is 0 Å². The van der Waals surface area contributed by atoms with Crippen molar-refractivity contribution in [3.8, 4) is 0 Å². The van der Waals surface area contributed by atoms with Crippen molar-refractivity contribution in [3.63, 3.8) is 0 Å². The van der Waals surface area contributed by atoms with Crippen LogP contribution in [-0.4, -0.2) is 36.9 Å². The van der Waals surface area contributed by atoms with Gasteiger partial charge in [-0.15, -0.1) is 0 Å². The lowest BCUT2D eigenvalue weighted by Gasteiger charge is -2.28. The first-order chi connectivity index (χ1) is 10.6. The molecule has 0 fully saturated rings. The van der Waals surface area contributed by atoms with Gasteiger partial charge < -0.3 is 18.9 Å². The van der Waals surface area contributed by atoms with Crippen molar-refractivity contribution < 1.29 is 23.5 Å². The number of aliphatic hydroxyl groups is 1. The Morgan fingerprint density at radius 1 is 0.955 bits per heavy atom. The molecule has 0 aromatic rings. The van der Waals surface area contributed by atoms with E-state index in [0.29, 0.717) is 6.61 Å². The topological polar surface area (TPSA) is 65.0 Å². The highest BCUT2D eigenvalue weighted by Crippen LogP contribution is 2.54. The summed E-state index contributed by atoms with van der Waals surface area (Å²) in [5, 5.41) is 10.2. The SMILES string of the molecule is CCC=CC=CC=CC(O)C(OCC)P(=O)(OCC)OCC. The van der Waals surface area contributed by atoms with Crippen LogP contribution in [0, 0.1) is 0 Å². The van der Waals surface area contributed by atoms with Crippen LogP contribution in [0.15, 0.2) is 36.5 Å². The molecule has 0 saturated heterocycles. The summed E-state index contributed by atoms with van der Waals surface area (Å²) in [5.74, 6) is -1.03. The van der Waals surface area contributed by atoms with Crippen LogP contribution in [-0.2, 0) is 18.3 Å². The maximum Gasteiger partial charge on any atom is 0.362 e. The number of rotatable bonds is 12. The molecule has 2 atom stereocenters. The van der Waals surface area contributed by atoms with Gasteiger partial charge in [0.25, 0.3) is 0 Å². The average Bonchev–Trinajstić information content (AvgIpc) is 2.48. The Morgan fingerprint density at radius 3 is 2.05 bits per heavy atom. The van der Waals surface area contributed by atoms with Crippen molar-refractivity contribution >= 4 is 7.60 Å². The molecule has 0 aromatic carbocycles. The summed E-state index contributed by atoms with van der Waals surface area (Å²) < 4.78 is 28.6. The van der Waals surface area contributed by atoms with E-state index in [0.717, 1.165) is 6.42 Å². The van der Waals surface area contributed by atoms with Gasteiger partial charge in [0.2, 0.25) is 0 Å². The Bertz CT molecular complexity index is 393. The van der Waals surface area contributed by atoms with Gasteiger partial charge in [-0.1, -0.05) is 43.4 Å². The lowest BCUT2D eigenvalue weighted by molar-refractivity contribution is 0.0133. The normalized spacial score (nSPS) is 16.0. The quantitative estimate of drug-likeness (QED) is 0.431. The zero-order chi connectivity index (χ0) is 16.8. The number of hydrogen-bond donors (Lipinski definition) is 1. The number of ether oxygens (including phenoxy) is 1. The highest BCUT2D eigenvalue weighted by molar-refractivity contribution is 7.54. The Morgan fingerprint density at radius 2 is 1.55 bits per heavy atom. The molecule has 0 aromatic heterocycles. The van der Waals surface area contributed by atoms with Crippen molar-refractivity contribution in [1.29, 1.82) is 0 Å². The fourth-order valence-corrected chi connectivity index (χ4v) is 3.60. The fourth-order valence-electron chi connectivity index (χ4n) is 1.71. The molecule has 0 amide bonds. The molecule has 0 rings (SSSR count). The fraction of sp³-hybridized carbons (Fsp3) is 0.625. The molecule has 0 aliphatic heterocycles. The summed E-state index contributed by atoms with van der Waals surface area (Å²) in [5.41, 5.74) is 0. The summed E-state index contributed by atoms with van der Waals surface area (Å²) >= 11 is 0. The summed E-state index contributed by atoms with van der Waals surface area (Å²) in [6, 6.07) is 0. The van der Waals surface area contributed by atoms with Gasteiger partial charge in [-0.2, -0.15) is 0 Å². The molecular formula is C16H29O5P. The van der Waals surface area contributed by atoms with Crippen molar-refractivity contribution in [1.82, 2.24) is 0 Å². The lowest BCUT2D eigenvalue weighted by atomic mass is 10.3. The smallest absolute Gasteiger partial charge is 0.362 e. The Kier molecular flexibility index (Phi) is 12.4. The molecule has 6 heteroatoms. The van der Waals surface area contributed by atoms with E-state index in [-0.39, 0.29) is 13.2 Å². The maximum absolute atomic E-state index is 12.7. The Balaban J connectivity index is 4.97. The number of allylic oxidation sites excluding steroid dienone is 5. The molecule has 0 radical (unpaired) electrons. The molecular weight excluding hydrogens is 303 g/mol. The van der Waals surface area contributed by atoms with E-state index in [4.69, 9.17) is 13.8 Å². The first kappa shape index (κ1) is 21.3. The Hall–Kier alpha value is -0.710. The predicted molar refractivity (Wildman–Crippen MR) is 90.0 cm³/mol. The first-order valence-electron chi connectivity index (χ1n) is 7.74. The monoisotopic (exact) mass is 332 g/mol. The zero-order valence-electron chi connectivity index (χ0n) is 14.0. The van der Waals surface area contributed by atoms with Crippen LogP contribution in [0.25, 0.3) is 0 Å². The van der Waals surface area contributed by atoms with Crippen LogP contribution < -0.4 is 0 Å². The standard InChI is InChI=1S/C16H29O5P/c1-5-9-10-11-12-13-14-15(17)16(19-6-2)22(18,20-7-3)21-8-4/h9-17H,5-8H2,1-4H3. The van der Waals surface area contributed by atoms with E-state index < -0.39 is 19.5 Å². The third-order valence-corrected chi connectivity index (χ3v) is 4.89. The van der Waals surface area contributed by atoms with Crippen LogP contribution in [0.5, 0.6) is 0 Å². The van der Waals surface area contributed by atoms with E-state index in [1.807, 2.05) is 18.2 Å². The minimum atomic E-state index is -3.53. The van der Waals surface area contributed by atoms with Gasteiger partial charge in [-0.05, 0) is 27.2 Å². The van der Waals surface area contributed by atoms with Gasteiger partial charge in [0.1, 0.15) is 6.10 Å². The van der Waals surface area contributed by atoms with Gasteiger partial charge in [0.15, 0.2) is 5.85 Å². The second-order valence-corrected chi connectivity index (χ2v) is 6.42. The van der Waals surface area contributed by atoms with Crippen LogP contribution in [0.1, 0.15) is 34.1 Å². The zero-order valence-corrected chi connectivity index (χ0v) is 14.9. The summed E-state index contributed by atoms with van der Waals surface area (Å²) in [6.45, 7) is 8.00.